The molecule has 1 aliphatic carbocycles. The van der Waals surface area contributed by atoms with Crippen LogP contribution in [0.15, 0.2) is 60.7 Å². The molecule has 0 aromatic heterocycles. The van der Waals surface area contributed by atoms with Gasteiger partial charge in [0.1, 0.15) is 0 Å². The van der Waals surface area contributed by atoms with Gasteiger partial charge in [0, 0.05) is 18.4 Å². The average Bonchev–Trinajstić information content (AvgIpc) is 2.73. The monoisotopic (exact) mass is 364 g/mol. The van der Waals surface area contributed by atoms with Gasteiger partial charge in [-0.15, -0.1) is 0 Å². The van der Waals surface area contributed by atoms with Crippen molar-refractivity contribution in [1.82, 2.24) is 10.6 Å². The first kappa shape index (κ1) is 19.2. The molecule has 4 nitrogen and oxygen atoms in total. The Balaban J connectivity index is 1.42. The molecule has 142 valence electrons. The molecule has 2 N–H and O–H groups in total. The molecule has 0 radical (unpaired) electrons. The van der Waals surface area contributed by atoms with Gasteiger partial charge in [0.05, 0.1) is 6.04 Å². The first-order valence-electron chi connectivity index (χ1n) is 9.80. The number of benzene rings is 2. The second kappa shape index (κ2) is 9.36. The fraction of sp³-hybridized carbons (Fsp3) is 0.391. The molecule has 2 aromatic carbocycles. The Bertz CT molecular complexity index is 737. The molecule has 2 aromatic rings. The summed E-state index contributed by atoms with van der Waals surface area (Å²) < 4.78 is 0. The van der Waals surface area contributed by atoms with Gasteiger partial charge in [-0.2, -0.15) is 0 Å². The van der Waals surface area contributed by atoms with Crippen LogP contribution in [-0.4, -0.2) is 11.8 Å². The zero-order chi connectivity index (χ0) is 19.1. The van der Waals surface area contributed by atoms with Gasteiger partial charge in [0.2, 0.25) is 11.8 Å². The van der Waals surface area contributed by atoms with Crippen LogP contribution in [0.1, 0.15) is 49.8 Å². The van der Waals surface area contributed by atoms with Crippen molar-refractivity contribution in [1.29, 1.82) is 0 Å². The molecule has 27 heavy (non-hydrogen) atoms. The van der Waals surface area contributed by atoms with E-state index in [2.05, 4.69) is 10.6 Å². The lowest BCUT2D eigenvalue weighted by atomic mass is 9.81. The molecule has 0 aliphatic heterocycles. The Morgan fingerprint density at radius 3 is 1.96 bits per heavy atom. The molecule has 1 unspecified atom stereocenters. The SMILES string of the molecule is CC(NC(=O)C1CCC(C(=O)NCc2ccccc2)CC1)c1ccccc1. The van der Waals surface area contributed by atoms with Crippen LogP contribution in [0.4, 0.5) is 0 Å². The molecule has 1 saturated carbocycles. The minimum atomic E-state index is 0.00518. The zero-order valence-electron chi connectivity index (χ0n) is 15.9. The van der Waals surface area contributed by atoms with Gasteiger partial charge >= 0.3 is 0 Å². The summed E-state index contributed by atoms with van der Waals surface area (Å²) in [5, 5.41) is 6.14. The number of carbonyl (C=O) groups is 2. The van der Waals surface area contributed by atoms with Crippen molar-refractivity contribution in [3.63, 3.8) is 0 Å². The maximum atomic E-state index is 12.6. The number of nitrogens with one attached hydrogen (secondary N) is 2. The van der Waals surface area contributed by atoms with E-state index in [1.807, 2.05) is 67.6 Å². The molecule has 0 saturated heterocycles. The van der Waals surface area contributed by atoms with Gasteiger partial charge in [-0.1, -0.05) is 60.7 Å². The van der Waals surface area contributed by atoms with Crippen LogP contribution in [0.2, 0.25) is 0 Å². The van der Waals surface area contributed by atoms with Gasteiger partial charge in [-0.25, -0.2) is 0 Å². The van der Waals surface area contributed by atoms with E-state index >= 15 is 0 Å². The van der Waals surface area contributed by atoms with Gasteiger partial charge in [0.15, 0.2) is 0 Å². The summed E-state index contributed by atoms with van der Waals surface area (Å²) in [6.07, 6.45) is 3.10. The molecular formula is C23H28N2O2. The standard InChI is InChI=1S/C23H28N2O2/c1-17(19-10-6-3-7-11-19)25-23(27)21-14-12-20(13-15-21)22(26)24-16-18-8-4-2-5-9-18/h2-11,17,20-21H,12-16H2,1H3,(H,24,26)(H,25,27). The largest absolute Gasteiger partial charge is 0.352 e. The van der Waals surface area contributed by atoms with Crippen LogP contribution in [-0.2, 0) is 16.1 Å². The first-order chi connectivity index (χ1) is 13.1. The molecule has 1 aliphatic rings. The van der Waals surface area contributed by atoms with Crippen molar-refractivity contribution in [2.75, 3.05) is 0 Å². The summed E-state index contributed by atoms with van der Waals surface area (Å²) in [7, 11) is 0. The number of hydrogen-bond donors (Lipinski definition) is 2. The average molecular weight is 364 g/mol. The molecular weight excluding hydrogens is 336 g/mol. The highest BCUT2D eigenvalue weighted by atomic mass is 16.2. The van der Waals surface area contributed by atoms with Crippen LogP contribution in [0, 0.1) is 11.8 Å². The highest BCUT2D eigenvalue weighted by molar-refractivity contribution is 5.81. The third kappa shape index (κ3) is 5.43. The highest BCUT2D eigenvalue weighted by Crippen LogP contribution is 2.29. The quantitative estimate of drug-likeness (QED) is 0.814. The second-order valence-corrected chi connectivity index (χ2v) is 7.39. The highest BCUT2D eigenvalue weighted by Gasteiger charge is 2.30. The predicted octanol–water partition coefficient (Wildman–Crippen LogP) is 3.99. The summed E-state index contributed by atoms with van der Waals surface area (Å²) >= 11 is 0. The Kier molecular flexibility index (Phi) is 6.64. The zero-order valence-corrected chi connectivity index (χ0v) is 15.9. The Morgan fingerprint density at radius 1 is 0.852 bits per heavy atom. The molecule has 2 amide bonds. The fourth-order valence-electron chi connectivity index (χ4n) is 3.70. The smallest absolute Gasteiger partial charge is 0.223 e. The van der Waals surface area contributed by atoms with Crippen LogP contribution >= 0.6 is 0 Å². The molecule has 0 heterocycles. The lowest BCUT2D eigenvalue weighted by Crippen LogP contribution is -2.38. The number of hydrogen-bond acceptors (Lipinski definition) is 2. The topological polar surface area (TPSA) is 58.2 Å². The molecule has 4 heteroatoms. The van der Waals surface area contributed by atoms with E-state index in [4.69, 9.17) is 0 Å². The van der Waals surface area contributed by atoms with Gasteiger partial charge in [-0.3, -0.25) is 9.59 Å². The van der Waals surface area contributed by atoms with Gasteiger partial charge in [0.25, 0.3) is 0 Å². The van der Waals surface area contributed by atoms with Gasteiger partial charge < -0.3 is 10.6 Å². The summed E-state index contributed by atoms with van der Waals surface area (Å²) in [5.41, 5.74) is 2.22. The number of amides is 2. The molecule has 1 atom stereocenters. The number of carbonyl (C=O) groups excluding carboxylic acids is 2. The van der Waals surface area contributed by atoms with Crippen molar-refractivity contribution < 1.29 is 9.59 Å². The second-order valence-electron chi connectivity index (χ2n) is 7.39. The molecule has 0 bridgehead atoms. The molecule has 0 spiro atoms. The van der Waals surface area contributed by atoms with E-state index in [-0.39, 0.29) is 29.7 Å². The fourth-order valence-corrected chi connectivity index (χ4v) is 3.70. The van der Waals surface area contributed by atoms with Crippen molar-refractivity contribution in [3.05, 3.63) is 71.8 Å². The van der Waals surface area contributed by atoms with Crippen LogP contribution < -0.4 is 10.6 Å². The van der Waals surface area contributed by atoms with Gasteiger partial charge in [-0.05, 0) is 43.7 Å². The van der Waals surface area contributed by atoms with Crippen LogP contribution in [0.5, 0.6) is 0 Å². The normalized spacial score (nSPS) is 20.5. The lowest BCUT2D eigenvalue weighted by Gasteiger charge is -2.28. The van der Waals surface area contributed by atoms with Crippen molar-refractivity contribution in [2.24, 2.45) is 11.8 Å². The minimum Gasteiger partial charge on any atom is -0.352 e. The van der Waals surface area contributed by atoms with E-state index in [1.54, 1.807) is 0 Å². The number of rotatable bonds is 6. The van der Waals surface area contributed by atoms with Crippen LogP contribution in [0.25, 0.3) is 0 Å². The summed E-state index contributed by atoms with van der Waals surface area (Å²) in [4.78, 5) is 25.0. The maximum Gasteiger partial charge on any atom is 0.223 e. The summed E-state index contributed by atoms with van der Waals surface area (Å²) in [5.74, 6) is 0.239. The Labute approximate surface area is 161 Å². The summed E-state index contributed by atoms with van der Waals surface area (Å²) in [6, 6.07) is 19.9. The maximum absolute atomic E-state index is 12.6. The Hall–Kier alpha value is -2.62. The van der Waals surface area contributed by atoms with E-state index in [1.165, 1.54) is 0 Å². The van der Waals surface area contributed by atoms with Crippen LogP contribution in [0.3, 0.4) is 0 Å². The third-order valence-corrected chi connectivity index (χ3v) is 5.44. The van der Waals surface area contributed by atoms with Crippen molar-refractivity contribution in [3.8, 4) is 0 Å². The van der Waals surface area contributed by atoms with E-state index in [0.717, 1.165) is 36.8 Å². The van der Waals surface area contributed by atoms with E-state index in [9.17, 15) is 9.59 Å². The van der Waals surface area contributed by atoms with E-state index < -0.39 is 0 Å². The van der Waals surface area contributed by atoms with E-state index in [0.29, 0.717) is 6.54 Å². The first-order valence-corrected chi connectivity index (χ1v) is 9.80. The predicted molar refractivity (Wildman–Crippen MR) is 107 cm³/mol. The third-order valence-electron chi connectivity index (χ3n) is 5.44. The van der Waals surface area contributed by atoms with Crippen molar-refractivity contribution in [2.45, 2.75) is 45.2 Å². The van der Waals surface area contributed by atoms with Crippen molar-refractivity contribution >= 4 is 11.8 Å². The lowest BCUT2D eigenvalue weighted by molar-refractivity contribution is -0.131. The molecule has 3 rings (SSSR count). The summed E-state index contributed by atoms with van der Waals surface area (Å²) in [6.45, 7) is 2.57. The Morgan fingerprint density at radius 2 is 1.37 bits per heavy atom. The minimum absolute atomic E-state index is 0.00518. The molecule has 1 fully saturated rings.